The highest BCUT2D eigenvalue weighted by Crippen LogP contribution is 2.37. The largest absolute Gasteiger partial charge is 0.341 e. The Morgan fingerprint density at radius 3 is 2.21 bits per heavy atom. The van der Waals surface area contributed by atoms with Crippen LogP contribution >= 0.6 is 12.4 Å². The van der Waals surface area contributed by atoms with E-state index in [9.17, 15) is 14.4 Å². The van der Waals surface area contributed by atoms with Crippen LogP contribution in [0.2, 0.25) is 0 Å². The Balaban J connectivity index is 0.00000280. The first-order valence-corrected chi connectivity index (χ1v) is 9.99. The summed E-state index contributed by atoms with van der Waals surface area (Å²) in [5, 5.41) is 0. The van der Waals surface area contributed by atoms with Gasteiger partial charge in [-0.15, -0.1) is 12.4 Å². The van der Waals surface area contributed by atoms with Crippen molar-refractivity contribution in [3.8, 4) is 0 Å². The third-order valence-electron chi connectivity index (χ3n) is 5.75. The molecule has 2 fully saturated rings. The van der Waals surface area contributed by atoms with Gasteiger partial charge in [-0.1, -0.05) is 43.2 Å². The van der Waals surface area contributed by atoms with Crippen LogP contribution < -0.4 is 5.73 Å². The Labute approximate surface area is 172 Å². The molecule has 0 spiro atoms. The second kappa shape index (κ2) is 10.6. The van der Waals surface area contributed by atoms with E-state index >= 15 is 0 Å². The first-order valence-electron chi connectivity index (χ1n) is 9.99. The fourth-order valence-electron chi connectivity index (χ4n) is 4.24. The molecule has 2 unspecified atom stereocenters. The predicted molar refractivity (Wildman–Crippen MR) is 110 cm³/mol. The van der Waals surface area contributed by atoms with Gasteiger partial charge in [-0.2, -0.15) is 0 Å². The van der Waals surface area contributed by atoms with Gasteiger partial charge >= 0.3 is 0 Å². The first kappa shape index (κ1) is 22.4. The van der Waals surface area contributed by atoms with E-state index in [1.54, 1.807) is 4.90 Å². The molecule has 2 atom stereocenters. The number of carbonyl (C=O) groups is 3. The lowest BCUT2D eigenvalue weighted by atomic mass is 9.81. The van der Waals surface area contributed by atoms with Gasteiger partial charge in [0.1, 0.15) is 0 Å². The molecule has 1 heterocycles. The van der Waals surface area contributed by atoms with Crippen molar-refractivity contribution in [2.75, 3.05) is 26.2 Å². The minimum absolute atomic E-state index is 0. The Morgan fingerprint density at radius 2 is 1.64 bits per heavy atom. The van der Waals surface area contributed by atoms with Crippen molar-refractivity contribution in [2.45, 2.75) is 38.5 Å². The van der Waals surface area contributed by atoms with E-state index < -0.39 is 0 Å². The SMILES string of the molecule is Cl.NCCN(CCc1ccccc1)C(=O)CCN1C(=O)C2CCCCC2C1=O. The molecular weight excluding hydrogens is 378 g/mol. The number of hydrogen-bond acceptors (Lipinski definition) is 4. The third kappa shape index (κ3) is 5.11. The van der Waals surface area contributed by atoms with Crippen LogP contribution in [0.4, 0.5) is 0 Å². The van der Waals surface area contributed by atoms with Gasteiger partial charge in [-0.3, -0.25) is 19.3 Å². The standard InChI is InChI=1S/C21H29N3O3.ClH/c22-12-15-23(13-10-16-6-2-1-3-7-16)19(25)11-14-24-20(26)17-8-4-5-9-18(17)21(24)27;/h1-3,6-7,17-18H,4-5,8-15,22H2;1H. The Bertz CT molecular complexity index is 659. The summed E-state index contributed by atoms with van der Waals surface area (Å²) in [5.41, 5.74) is 6.83. The van der Waals surface area contributed by atoms with E-state index in [0.29, 0.717) is 19.6 Å². The van der Waals surface area contributed by atoms with Gasteiger partial charge in [0.25, 0.3) is 0 Å². The molecule has 1 aromatic carbocycles. The normalized spacial score (nSPS) is 21.2. The Kier molecular flexibility index (Phi) is 8.45. The fourth-order valence-corrected chi connectivity index (χ4v) is 4.24. The molecule has 6 nitrogen and oxygen atoms in total. The molecule has 1 aromatic rings. The van der Waals surface area contributed by atoms with Crippen molar-refractivity contribution in [2.24, 2.45) is 17.6 Å². The van der Waals surface area contributed by atoms with E-state index in [1.807, 2.05) is 30.3 Å². The molecule has 154 valence electrons. The number of nitrogens with zero attached hydrogens (tertiary/aromatic N) is 2. The summed E-state index contributed by atoms with van der Waals surface area (Å²) in [7, 11) is 0. The molecule has 3 rings (SSSR count). The second-order valence-corrected chi connectivity index (χ2v) is 7.48. The lowest BCUT2D eigenvalue weighted by Gasteiger charge is -2.23. The van der Waals surface area contributed by atoms with Crippen molar-refractivity contribution in [3.63, 3.8) is 0 Å². The highest BCUT2D eigenvalue weighted by Gasteiger charge is 2.47. The van der Waals surface area contributed by atoms with Gasteiger partial charge < -0.3 is 10.6 Å². The summed E-state index contributed by atoms with van der Waals surface area (Å²) >= 11 is 0. The zero-order valence-electron chi connectivity index (χ0n) is 16.2. The molecule has 2 N–H and O–H groups in total. The summed E-state index contributed by atoms with van der Waals surface area (Å²) in [4.78, 5) is 40.8. The van der Waals surface area contributed by atoms with Crippen LogP contribution in [0, 0.1) is 11.8 Å². The highest BCUT2D eigenvalue weighted by molar-refractivity contribution is 6.05. The maximum Gasteiger partial charge on any atom is 0.233 e. The molecule has 1 saturated heterocycles. The summed E-state index contributed by atoms with van der Waals surface area (Å²) in [5.74, 6) is -0.509. The number of carbonyl (C=O) groups excluding carboxylic acids is 3. The predicted octanol–water partition coefficient (Wildman–Crippen LogP) is 2.00. The van der Waals surface area contributed by atoms with Gasteiger partial charge in [0.15, 0.2) is 0 Å². The third-order valence-corrected chi connectivity index (χ3v) is 5.75. The van der Waals surface area contributed by atoms with Crippen LogP contribution in [0.25, 0.3) is 0 Å². The number of benzene rings is 1. The lowest BCUT2D eigenvalue weighted by Crippen LogP contribution is -2.40. The summed E-state index contributed by atoms with van der Waals surface area (Å²) in [6.45, 7) is 1.66. The van der Waals surface area contributed by atoms with Crippen LogP contribution in [-0.2, 0) is 20.8 Å². The molecule has 0 aromatic heterocycles. The monoisotopic (exact) mass is 407 g/mol. The molecule has 0 radical (unpaired) electrons. The average Bonchev–Trinajstić information content (AvgIpc) is 2.94. The second-order valence-electron chi connectivity index (χ2n) is 7.48. The number of imide groups is 1. The maximum atomic E-state index is 12.7. The molecule has 0 bridgehead atoms. The van der Waals surface area contributed by atoms with Crippen molar-refractivity contribution in [1.29, 1.82) is 0 Å². The highest BCUT2D eigenvalue weighted by atomic mass is 35.5. The molecule has 3 amide bonds. The van der Waals surface area contributed by atoms with E-state index in [-0.39, 0.29) is 54.9 Å². The van der Waals surface area contributed by atoms with Gasteiger partial charge in [-0.05, 0) is 24.8 Å². The van der Waals surface area contributed by atoms with Crippen molar-refractivity contribution >= 4 is 30.1 Å². The molecule has 7 heteroatoms. The number of fused-ring (bicyclic) bond motifs is 1. The average molecular weight is 408 g/mol. The van der Waals surface area contributed by atoms with Gasteiger partial charge in [-0.25, -0.2) is 0 Å². The van der Waals surface area contributed by atoms with Crippen LogP contribution in [0.3, 0.4) is 0 Å². The number of halogens is 1. The Hall–Kier alpha value is -1.92. The lowest BCUT2D eigenvalue weighted by molar-refractivity contribution is -0.140. The van der Waals surface area contributed by atoms with Crippen molar-refractivity contribution in [3.05, 3.63) is 35.9 Å². The topological polar surface area (TPSA) is 83.7 Å². The first-order chi connectivity index (χ1) is 13.1. The smallest absolute Gasteiger partial charge is 0.233 e. The fraction of sp³-hybridized carbons (Fsp3) is 0.571. The van der Waals surface area contributed by atoms with Crippen molar-refractivity contribution < 1.29 is 14.4 Å². The molecule has 1 saturated carbocycles. The van der Waals surface area contributed by atoms with Gasteiger partial charge in [0.05, 0.1) is 11.8 Å². The maximum absolute atomic E-state index is 12.7. The summed E-state index contributed by atoms with van der Waals surface area (Å²) in [6.07, 6.45) is 4.56. The summed E-state index contributed by atoms with van der Waals surface area (Å²) < 4.78 is 0. The molecule has 1 aliphatic carbocycles. The van der Waals surface area contributed by atoms with E-state index in [1.165, 1.54) is 10.5 Å². The zero-order chi connectivity index (χ0) is 19.2. The van der Waals surface area contributed by atoms with Crippen LogP contribution in [0.5, 0.6) is 0 Å². The minimum Gasteiger partial charge on any atom is -0.341 e. The number of nitrogens with two attached hydrogens (primary N) is 1. The van der Waals surface area contributed by atoms with Crippen molar-refractivity contribution in [1.82, 2.24) is 9.80 Å². The van der Waals surface area contributed by atoms with E-state index in [4.69, 9.17) is 5.73 Å². The van der Waals surface area contributed by atoms with Crippen LogP contribution in [0.15, 0.2) is 30.3 Å². The van der Waals surface area contributed by atoms with E-state index in [2.05, 4.69) is 0 Å². The molecule has 2 aliphatic rings. The molecule has 28 heavy (non-hydrogen) atoms. The van der Waals surface area contributed by atoms with Crippen LogP contribution in [-0.4, -0.2) is 53.7 Å². The molecular formula is C21H30ClN3O3. The van der Waals surface area contributed by atoms with Crippen LogP contribution in [0.1, 0.15) is 37.7 Å². The minimum atomic E-state index is -0.153. The quantitative estimate of drug-likeness (QED) is 0.668. The van der Waals surface area contributed by atoms with E-state index in [0.717, 1.165) is 32.1 Å². The van der Waals surface area contributed by atoms with Gasteiger partial charge in [0, 0.05) is 32.6 Å². The zero-order valence-corrected chi connectivity index (χ0v) is 17.0. The number of hydrogen-bond donors (Lipinski definition) is 1. The summed E-state index contributed by atoms with van der Waals surface area (Å²) in [6, 6.07) is 10.00. The number of amides is 3. The molecule has 1 aliphatic heterocycles. The number of rotatable bonds is 8. The number of likely N-dealkylation sites (tertiary alicyclic amines) is 1. The Morgan fingerprint density at radius 1 is 1.04 bits per heavy atom. The van der Waals surface area contributed by atoms with Gasteiger partial charge in [0.2, 0.25) is 17.7 Å².